The molecule has 30 heavy (non-hydrogen) atoms. The molecule has 0 fully saturated rings. The highest BCUT2D eigenvalue weighted by Gasteiger charge is 2.33. The second-order valence-corrected chi connectivity index (χ2v) is 6.80. The average Bonchev–Trinajstić information content (AvgIpc) is 3.03. The van der Waals surface area contributed by atoms with Crippen LogP contribution in [0.25, 0.3) is 33.4 Å². The van der Waals surface area contributed by atoms with Gasteiger partial charge in [-0.3, -0.25) is 14.6 Å². The smallest absolute Gasteiger partial charge is 0.262 e. The molecule has 0 saturated heterocycles. The number of rotatable bonds is 3. The van der Waals surface area contributed by atoms with Gasteiger partial charge < -0.3 is 15.2 Å². The van der Waals surface area contributed by atoms with Gasteiger partial charge in [-0.2, -0.15) is 4.98 Å². The highest BCUT2D eigenvalue weighted by atomic mass is 16.5. The maximum atomic E-state index is 13.3. The summed E-state index contributed by atoms with van der Waals surface area (Å²) in [5.74, 6) is 0.755. The number of H-pyrrole nitrogens is 1. The van der Waals surface area contributed by atoms with E-state index in [4.69, 9.17) is 15.2 Å². The van der Waals surface area contributed by atoms with E-state index in [2.05, 4.69) is 15.0 Å². The summed E-state index contributed by atoms with van der Waals surface area (Å²) >= 11 is 0. The maximum Gasteiger partial charge on any atom is 0.262 e. The third-order valence-corrected chi connectivity index (χ3v) is 5.20. The zero-order valence-electron chi connectivity index (χ0n) is 16.1. The molecule has 8 nitrogen and oxygen atoms in total. The fourth-order valence-corrected chi connectivity index (χ4v) is 3.91. The SMILES string of the molecule is COc1ccc(-c2c3c(nc4nc(N)[nH]c(=O)c24)-c2ccccc2C3=O)cc1OC. The van der Waals surface area contributed by atoms with E-state index in [1.54, 1.807) is 30.3 Å². The number of nitrogens with two attached hydrogens (primary N) is 1. The normalized spacial score (nSPS) is 12.0. The number of ether oxygens (including phenoxy) is 2. The molecule has 0 saturated carbocycles. The Balaban J connectivity index is 1.95. The number of benzene rings is 2. The first kappa shape index (κ1) is 17.9. The van der Waals surface area contributed by atoms with Gasteiger partial charge >= 0.3 is 0 Å². The number of methoxy groups -OCH3 is 2. The number of fused-ring (bicyclic) bond motifs is 4. The third kappa shape index (κ3) is 2.40. The molecule has 0 amide bonds. The van der Waals surface area contributed by atoms with Gasteiger partial charge in [0, 0.05) is 16.7 Å². The molecule has 5 rings (SSSR count). The number of carbonyl (C=O) groups is 1. The van der Waals surface area contributed by atoms with E-state index in [-0.39, 0.29) is 22.8 Å². The Morgan fingerprint density at radius 3 is 2.37 bits per heavy atom. The molecule has 1 aliphatic carbocycles. The van der Waals surface area contributed by atoms with E-state index >= 15 is 0 Å². The van der Waals surface area contributed by atoms with Crippen molar-refractivity contribution in [2.75, 3.05) is 20.0 Å². The van der Waals surface area contributed by atoms with Crippen LogP contribution in [-0.4, -0.2) is 35.0 Å². The summed E-state index contributed by atoms with van der Waals surface area (Å²) in [6.07, 6.45) is 0. The summed E-state index contributed by atoms with van der Waals surface area (Å²) in [5.41, 5.74) is 8.55. The molecule has 0 atom stereocenters. The number of nitrogens with one attached hydrogen (secondary N) is 1. The lowest BCUT2D eigenvalue weighted by atomic mass is 9.95. The molecule has 0 radical (unpaired) electrons. The van der Waals surface area contributed by atoms with Gasteiger partial charge in [-0.05, 0) is 17.7 Å². The largest absolute Gasteiger partial charge is 0.493 e. The van der Waals surface area contributed by atoms with Crippen LogP contribution in [-0.2, 0) is 0 Å². The van der Waals surface area contributed by atoms with E-state index in [0.717, 1.165) is 0 Å². The standard InChI is InChI=1S/C22H16N4O4/c1-29-13-8-7-10(9-14(13)30-2)15-16-18(11-5-3-4-6-12(11)19(16)27)24-20-17(15)21(28)26-22(23)25-20/h3-9H,1-2H3,(H3,23,24,25,26,28). The minimum Gasteiger partial charge on any atom is -0.493 e. The predicted molar refractivity (Wildman–Crippen MR) is 112 cm³/mol. The summed E-state index contributed by atoms with van der Waals surface area (Å²) in [6, 6.07) is 12.4. The molecule has 0 bridgehead atoms. The summed E-state index contributed by atoms with van der Waals surface area (Å²) in [4.78, 5) is 37.5. The first-order valence-electron chi connectivity index (χ1n) is 9.13. The Bertz CT molecular complexity index is 1430. The van der Waals surface area contributed by atoms with Crippen LogP contribution in [0.2, 0.25) is 0 Å². The molecule has 4 aromatic rings. The Morgan fingerprint density at radius 2 is 1.63 bits per heavy atom. The number of ketones is 1. The minimum atomic E-state index is -0.471. The first-order chi connectivity index (χ1) is 14.5. The van der Waals surface area contributed by atoms with Gasteiger partial charge in [-0.15, -0.1) is 0 Å². The quantitative estimate of drug-likeness (QED) is 0.478. The zero-order chi connectivity index (χ0) is 21.0. The summed E-state index contributed by atoms with van der Waals surface area (Å²) < 4.78 is 10.7. The Labute approximate surface area is 170 Å². The molecule has 148 valence electrons. The van der Waals surface area contributed by atoms with Gasteiger partial charge in [0.15, 0.2) is 22.9 Å². The Hall–Kier alpha value is -4.20. The summed E-state index contributed by atoms with van der Waals surface area (Å²) in [5, 5.41) is 0.191. The Morgan fingerprint density at radius 1 is 0.900 bits per heavy atom. The number of aromatic nitrogens is 3. The number of hydrogen-bond donors (Lipinski definition) is 2. The number of nitrogen functional groups attached to an aromatic ring is 1. The monoisotopic (exact) mass is 400 g/mol. The fourth-order valence-electron chi connectivity index (χ4n) is 3.91. The molecule has 0 unspecified atom stereocenters. The predicted octanol–water partition coefficient (Wildman–Crippen LogP) is 2.80. The second kappa shape index (κ2) is 6.41. The lowest BCUT2D eigenvalue weighted by Crippen LogP contribution is -2.15. The minimum absolute atomic E-state index is 0.0455. The van der Waals surface area contributed by atoms with Gasteiger partial charge in [-0.25, -0.2) is 4.98 Å². The van der Waals surface area contributed by atoms with Crippen LogP contribution in [0.4, 0.5) is 5.95 Å². The molecular weight excluding hydrogens is 384 g/mol. The molecule has 3 N–H and O–H groups in total. The van der Waals surface area contributed by atoms with Crippen LogP contribution in [0.5, 0.6) is 11.5 Å². The highest BCUT2D eigenvalue weighted by molar-refractivity contribution is 6.26. The molecule has 2 aromatic carbocycles. The van der Waals surface area contributed by atoms with Gasteiger partial charge in [0.2, 0.25) is 5.95 Å². The first-order valence-corrected chi connectivity index (χ1v) is 9.13. The number of hydrogen-bond acceptors (Lipinski definition) is 7. The highest BCUT2D eigenvalue weighted by Crippen LogP contribution is 2.44. The number of carbonyl (C=O) groups excluding carboxylic acids is 1. The average molecular weight is 400 g/mol. The summed E-state index contributed by atoms with van der Waals surface area (Å²) in [6.45, 7) is 0. The van der Waals surface area contributed by atoms with Gasteiger partial charge in [-0.1, -0.05) is 30.3 Å². The Kier molecular flexibility index (Phi) is 3.82. The van der Waals surface area contributed by atoms with E-state index in [1.807, 2.05) is 12.1 Å². The van der Waals surface area contributed by atoms with Crippen molar-refractivity contribution in [1.82, 2.24) is 15.0 Å². The van der Waals surface area contributed by atoms with Crippen molar-refractivity contribution < 1.29 is 14.3 Å². The lowest BCUT2D eigenvalue weighted by Gasteiger charge is -2.14. The van der Waals surface area contributed by atoms with E-state index in [9.17, 15) is 9.59 Å². The maximum absolute atomic E-state index is 13.3. The van der Waals surface area contributed by atoms with Crippen molar-refractivity contribution in [2.45, 2.75) is 0 Å². The van der Waals surface area contributed by atoms with Crippen molar-refractivity contribution in [3.8, 4) is 33.9 Å². The van der Waals surface area contributed by atoms with Gasteiger partial charge in [0.25, 0.3) is 5.56 Å². The van der Waals surface area contributed by atoms with Crippen LogP contribution in [0.1, 0.15) is 15.9 Å². The summed E-state index contributed by atoms with van der Waals surface area (Å²) in [7, 11) is 3.06. The molecule has 2 heterocycles. The van der Waals surface area contributed by atoms with Crippen LogP contribution >= 0.6 is 0 Å². The molecule has 1 aliphatic rings. The van der Waals surface area contributed by atoms with Crippen LogP contribution in [0, 0.1) is 0 Å². The van der Waals surface area contributed by atoms with Crippen molar-refractivity contribution in [3.05, 3.63) is 63.9 Å². The number of pyridine rings is 1. The lowest BCUT2D eigenvalue weighted by molar-refractivity contribution is 0.104. The number of anilines is 1. The molecule has 2 aromatic heterocycles. The van der Waals surface area contributed by atoms with E-state index in [1.165, 1.54) is 14.2 Å². The molecule has 0 spiro atoms. The van der Waals surface area contributed by atoms with Crippen molar-refractivity contribution in [1.29, 1.82) is 0 Å². The van der Waals surface area contributed by atoms with Gasteiger partial charge in [0.05, 0.1) is 30.9 Å². The van der Waals surface area contributed by atoms with E-state index < -0.39 is 5.56 Å². The van der Waals surface area contributed by atoms with Crippen molar-refractivity contribution >= 4 is 22.8 Å². The molecule has 8 heteroatoms. The van der Waals surface area contributed by atoms with Crippen LogP contribution in [0.3, 0.4) is 0 Å². The fraction of sp³-hybridized carbons (Fsp3) is 0.0909. The van der Waals surface area contributed by atoms with Crippen molar-refractivity contribution in [3.63, 3.8) is 0 Å². The van der Waals surface area contributed by atoms with Gasteiger partial charge in [0.1, 0.15) is 0 Å². The zero-order valence-corrected chi connectivity index (χ0v) is 16.1. The van der Waals surface area contributed by atoms with Crippen LogP contribution in [0.15, 0.2) is 47.3 Å². The number of aromatic amines is 1. The molecule has 0 aliphatic heterocycles. The molecular formula is C22H16N4O4. The van der Waals surface area contributed by atoms with Crippen LogP contribution < -0.4 is 20.8 Å². The number of nitrogens with zero attached hydrogens (tertiary/aromatic N) is 2. The second-order valence-electron chi connectivity index (χ2n) is 6.80. The van der Waals surface area contributed by atoms with Crippen molar-refractivity contribution in [2.24, 2.45) is 0 Å². The topological polar surface area (TPSA) is 120 Å². The third-order valence-electron chi connectivity index (χ3n) is 5.20. The van der Waals surface area contributed by atoms with E-state index in [0.29, 0.717) is 45.0 Å².